The molecule has 0 bridgehead atoms. The molecule has 1 aromatic carbocycles. The molecule has 21 heavy (non-hydrogen) atoms. The summed E-state index contributed by atoms with van der Waals surface area (Å²) in [4.78, 5) is 38.3. The van der Waals surface area contributed by atoms with Gasteiger partial charge < -0.3 is 14.4 Å². The highest BCUT2D eigenvalue weighted by Crippen LogP contribution is 2.66. The summed E-state index contributed by atoms with van der Waals surface area (Å²) < 4.78 is 9.53. The van der Waals surface area contributed by atoms with Gasteiger partial charge in [0.05, 0.1) is 26.1 Å². The number of rotatable bonds is 2. The number of likely N-dealkylation sites (N-methyl/N-ethyl adjacent to an activating group) is 1. The number of nitrogens with zero attached hydrogens (tertiary/aromatic N) is 1. The summed E-state index contributed by atoms with van der Waals surface area (Å²) in [6.45, 7) is 0. The maximum absolute atomic E-state index is 12.7. The van der Waals surface area contributed by atoms with Crippen LogP contribution in [0.15, 0.2) is 24.3 Å². The number of benzene rings is 1. The number of carbonyl (C=O) groups excluding carboxylic acids is 3. The van der Waals surface area contributed by atoms with Crippen molar-refractivity contribution in [3.8, 4) is 0 Å². The molecule has 1 heterocycles. The van der Waals surface area contributed by atoms with Crippen LogP contribution in [-0.4, -0.2) is 39.1 Å². The maximum Gasteiger partial charge on any atom is 0.311 e. The van der Waals surface area contributed by atoms with Crippen molar-refractivity contribution in [3.05, 3.63) is 29.8 Å². The largest absolute Gasteiger partial charge is 0.469 e. The Morgan fingerprint density at radius 3 is 2.14 bits per heavy atom. The summed E-state index contributed by atoms with van der Waals surface area (Å²) in [7, 11) is 4.13. The molecule has 0 saturated heterocycles. The van der Waals surface area contributed by atoms with Gasteiger partial charge in [-0.15, -0.1) is 0 Å². The zero-order chi connectivity index (χ0) is 15.4. The maximum atomic E-state index is 12.7. The monoisotopic (exact) mass is 289 g/mol. The van der Waals surface area contributed by atoms with Gasteiger partial charge >= 0.3 is 11.9 Å². The second kappa shape index (κ2) is 4.31. The van der Waals surface area contributed by atoms with Gasteiger partial charge in [-0.2, -0.15) is 0 Å². The molecule has 1 fully saturated rings. The normalized spacial score (nSPS) is 29.3. The number of ether oxygens (including phenoxy) is 2. The topological polar surface area (TPSA) is 72.9 Å². The molecule has 1 aromatic rings. The smallest absolute Gasteiger partial charge is 0.311 e. The zero-order valence-corrected chi connectivity index (χ0v) is 12.0. The molecule has 110 valence electrons. The molecule has 0 radical (unpaired) electrons. The van der Waals surface area contributed by atoms with E-state index < -0.39 is 29.2 Å². The molecule has 1 aliphatic heterocycles. The van der Waals surface area contributed by atoms with E-state index in [-0.39, 0.29) is 5.91 Å². The van der Waals surface area contributed by atoms with Crippen molar-refractivity contribution < 1.29 is 23.9 Å². The third-order valence-electron chi connectivity index (χ3n) is 4.49. The number of anilines is 1. The first-order chi connectivity index (χ1) is 10.0. The van der Waals surface area contributed by atoms with Crippen molar-refractivity contribution in [1.29, 1.82) is 0 Å². The minimum absolute atomic E-state index is 0.269. The van der Waals surface area contributed by atoms with Crippen LogP contribution in [0.1, 0.15) is 5.56 Å². The van der Waals surface area contributed by atoms with E-state index in [0.29, 0.717) is 11.3 Å². The van der Waals surface area contributed by atoms with Crippen molar-refractivity contribution in [3.63, 3.8) is 0 Å². The van der Waals surface area contributed by atoms with Gasteiger partial charge in [-0.05, 0) is 11.6 Å². The molecule has 6 nitrogen and oxygen atoms in total. The average Bonchev–Trinajstić information content (AvgIpc) is 3.17. The van der Waals surface area contributed by atoms with Crippen LogP contribution in [0, 0.1) is 11.8 Å². The van der Waals surface area contributed by atoms with Gasteiger partial charge in [0.1, 0.15) is 5.41 Å². The van der Waals surface area contributed by atoms with Crippen molar-refractivity contribution in [2.45, 2.75) is 5.41 Å². The first-order valence-corrected chi connectivity index (χ1v) is 6.55. The van der Waals surface area contributed by atoms with Gasteiger partial charge in [-0.3, -0.25) is 14.4 Å². The van der Waals surface area contributed by atoms with Crippen molar-refractivity contribution >= 4 is 23.5 Å². The fourth-order valence-electron chi connectivity index (χ4n) is 3.50. The summed E-state index contributed by atoms with van der Waals surface area (Å²) in [6, 6.07) is 7.16. The quantitative estimate of drug-likeness (QED) is 0.741. The molecule has 1 saturated carbocycles. The minimum atomic E-state index is -1.18. The predicted octanol–water partition coefficient (Wildman–Crippen LogP) is 0.493. The van der Waals surface area contributed by atoms with Crippen LogP contribution in [-0.2, 0) is 29.3 Å². The first-order valence-electron chi connectivity index (χ1n) is 6.55. The highest BCUT2D eigenvalue weighted by Gasteiger charge is 2.80. The molecule has 0 aromatic heterocycles. The van der Waals surface area contributed by atoms with Crippen molar-refractivity contribution in [2.24, 2.45) is 11.8 Å². The molecular weight excluding hydrogens is 274 g/mol. The second-order valence-corrected chi connectivity index (χ2v) is 5.25. The number of esters is 2. The Balaban J connectivity index is 2.17. The Morgan fingerprint density at radius 2 is 1.62 bits per heavy atom. The lowest BCUT2D eigenvalue weighted by atomic mass is 9.93. The average molecular weight is 289 g/mol. The summed E-state index contributed by atoms with van der Waals surface area (Å²) in [5, 5.41) is 0. The Hall–Kier alpha value is -2.37. The van der Waals surface area contributed by atoms with Gasteiger partial charge in [-0.1, -0.05) is 18.2 Å². The molecule has 6 heteroatoms. The molecule has 0 N–H and O–H groups in total. The molecule has 0 unspecified atom stereocenters. The lowest BCUT2D eigenvalue weighted by Crippen LogP contribution is -2.32. The van der Waals surface area contributed by atoms with Crippen molar-refractivity contribution in [2.75, 3.05) is 26.2 Å². The Kier molecular flexibility index (Phi) is 2.79. The molecule has 1 amide bonds. The highest BCUT2D eigenvalue weighted by molar-refractivity contribution is 6.17. The molecule has 2 atom stereocenters. The summed E-state index contributed by atoms with van der Waals surface area (Å²) in [5.74, 6) is -3.05. The van der Waals surface area contributed by atoms with Gasteiger partial charge in [-0.25, -0.2) is 0 Å². The lowest BCUT2D eigenvalue weighted by molar-refractivity contribution is -0.148. The van der Waals surface area contributed by atoms with Gasteiger partial charge in [0.15, 0.2) is 0 Å². The SMILES string of the molecule is COC(=O)[C@@H]1[C@@H](C(=O)OC)C12C(=O)N(C)c1ccccc12. The van der Waals surface area contributed by atoms with Crippen LogP contribution in [0.2, 0.25) is 0 Å². The zero-order valence-electron chi connectivity index (χ0n) is 12.0. The van der Waals surface area contributed by atoms with Crippen LogP contribution >= 0.6 is 0 Å². The molecular formula is C15H15NO5. The number of para-hydroxylation sites is 1. The number of amides is 1. The van der Waals surface area contributed by atoms with E-state index in [2.05, 4.69) is 0 Å². The third-order valence-corrected chi connectivity index (χ3v) is 4.49. The Morgan fingerprint density at radius 1 is 1.10 bits per heavy atom. The number of carbonyl (C=O) groups is 3. The van der Waals surface area contributed by atoms with Gasteiger partial charge in [0.25, 0.3) is 0 Å². The first kappa shape index (κ1) is 13.6. The number of hydrogen-bond acceptors (Lipinski definition) is 5. The van der Waals surface area contributed by atoms with E-state index >= 15 is 0 Å². The van der Waals surface area contributed by atoms with E-state index in [4.69, 9.17) is 9.47 Å². The summed E-state index contributed by atoms with van der Waals surface area (Å²) >= 11 is 0. The van der Waals surface area contributed by atoms with E-state index in [9.17, 15) is 14.4 Å². The molecule has 1 spiro atoms. The van der Waals surface area contributed by atoms with Crippen LogP contribution in [0.3, 0.4) is 0 Å². The fourth-order valence-corrected chi connectivity index (χ4v) is 3.50. The number of hydrogen-bond donors (Lipinski definition) is 0. The molecule has 3 rings (SSSR count). The Labute approximate surface area is 121 Å². The molecule has 1 aliphatic carbocycles. The van der Waals surface area contributed by atoms with Crippen LogP contribution in [0.5, 0.6) is 0 Å². The summed E-state index contributed by atoms with van der Waals surface area (Å²) in [5.41, 5.74) is 0.219. The van der Waals surface area contributed by atoms with Crippen LogP contribution < -0.4 is 4.90 Å². The van der Waals surface area contributed by atoms with E-state index in [1.165, 1.54) is 19.1 Å². The second-order valence-electron chi connectivity index (χ2n) is 5.25. The Bertz CT molecular complexity index is 631. The predicted molar refractivity (Wildman–Crippen MR) is 72.5 cm³/mol. The lowest BCUT2D eigenvalue weighted by Gasteiger charge is -2.11. The van der Waals surface area contributed by atoms with E-state index in [1.54, 1.807) is 25.2 Å². The van der Waals surface area contributed by atoms with Crippen molar-refractivity contribution in [1.82, 2.24) is 0 Å². The number of fused-ring (bicyclic) bond motifs is 2. The van der Waals surface area contributed by atoms with E-state index in [1.807, 2.05) is 6.07 Å². The minimum Gasteiger partial charge on any atom is -0.469 e. The van der Waals surface area contributed by atoms with Crippen LogP contribution in [0.25, 0.3) is 0 Å². The van der Waals surface area contributed by atoms with Gasteiger partial charge in [0, 0.05) is 12.7 Å². The molecule has 2 aliphatic rings. The summed E-state index contributed by atoms with van der Waals surface area (Å²) in [6.07, 6.45) is 0. The van der Waals surface area contributed by atoms with Crippen LogP contribution in [0.4, 0.5) is 5.69 Å². The standard InChI is InChI=1S/C15H15NO5/c1-16-9-7-5-4-6-8(9)15(14(16)19)10(12(17)20-2)11(15)13(18)21-3/h4-7,10-11H,1-3H3/t10-,11-/m0/s1. The van der Waals surface area contributed by atoms with Gasteiger partial charge in [0.2, 0.25) is 5.91 Å². The highest BCUT2D eigenvalue weighted by atomic mass is 16.5. The fraction of sp³-hybridized carbons (Fsp3) is 0.400. The number of methoxy groups -OCH3 is 2. The van der Waals surface area contributed by atoms with E-state index in [0.717, 1.165) is 0 Å². The third kappa shape index (κ3) is 1.44.